The Morgan fingerprint density at radius 2 is 2.00 bits per heavy atom. The van der Waals surface area contributed by atoms with Gasteiger partial charge in [-0.3, -0.25) is 0 Å². The highest BCUT2D eigenvalue weighted by Gasteiger charge is 2.15. The van der Waals surface area contributed by atoms with E-state index in [9.17, 15) is 9.18 Å². The van der Waals surface area contributed by atoms with Gasteiger partial charge >= 0.3 is 5.97 Å². The predicted octanol–water partition coefficient (Wildman–Crippen LogP) is 1.65. The molecule has 1 aromatic carbocycles. The zero-order valence-corrected chi connectivity index (χ0v) is 6.40. The molecule has 1 rings (SSSR count). The van der Waals surface area contributed by atoms with E-state index >= 15 is 0 Å². The molecule has 0 heterocycles. The minimum atomic E-state index is -1.80. The molecule has 0 unspecified atom stereocenters. The fourth-order valence-corrected chi connectivity index (χ4v) is 0.908. The molecule has 0 saturated carbocycles. The number of carboxylic acids is 1. The van der Waals surface area contributed by atoms with E-state index in [1.54, 1.807) is 30.3 Å². The van der Waals surface area contributed by atoms with E-state index in [1.165, 1.54) is 0 Å². The molecule has 1 atom stereocenters. The van der Waals surface area contributed by atoms with Crippen molar-refractivity contribution in [3.05, 3.63) is 35.9 Å². The number of halogens is 1. The summed E-state index contributed by atoms with van der Waals surface area (Å²) in [5.41, 5.74) is 0.701. The van der Waals surface area contributed by atoms with Gasteiger partial charge in [-0.2, -0.15) is 0 Å². The van der Waals surface area contributed by atoms with Crippen molar-refractivity contribution in [3.8, 4) is 0 Å². The van der Waals surface area contributed by atoms with Gasteiger partial charge in [-0.25, -0.2) is 9.18 Å². The zero-order valence-electron chi connectivity index (χ0n) is 6.40. The lowest BCUT2D eigenvalue weighted by molar-refractivity contribution is -0.142. The molecule has 0 spiro atoms. The summed E-state index contributed by atoms with van der Waals surface area (Å²) in [4.78, 5) is 10.1. The monoisotopic (exact) mass is 168 g/mol. The van der Waals surface area contributed by atoms with Crippen LogP contribution in [0, 0.1) is 0 Å². The van der Waals surface area contributed by atoms with Crippen molar-refractivity contribution in [3.63, 3.8) is 0 Å². The van der Waals surface area contributed by atoms with Crippen LogP contribution in [0.1, 0.15) is 5.56 Å². The largest absolute Gasteiger partial charge is 0.479 e. The Hall–Kier alpha value is -1.38. The Bertz CT molecular complexity index is 258. The number of alkyl halides is 1. The topological polar surface area (TPSA) is 37.3 Å². The molecule has 0 aliphatic heterocycles. The van der Waals surface area contributed by atoms with Crippen LogP contribution in [0.5, 0.6) is 0 Å². The van der Waals surface area contributed by atoms with Gasteiger partial charge in [0.2, 0.25) is 6.17 Å². The van der Waals surface area contributed by atoms with E-state index in [1.807, 2.05) is 0 Å². The molecule has 0 amide bonds. The van der Waals surface area contributed by atoms with Crippen molar-refractivity contribution in [1.82, 2.24) is 0 Å². The van der Waals surface area contributed by atoms with Gasteiger partial charge in [0.25, 0.3) is 0 Å². The van der Waals surface area contributed by atoms with E-state index in [-0.39, 0.29) is 6.42 Å². The second-order valence-electron chi connectivity index (χ2n) is 2.50. The molecule has 0 saturated heterocycles. The zero-order chi connectivity index (χ0) is 8.97. The minimum Gasteiger partial charge on any atom is -0.479 e. The van der Waals surface area contributed by atoms with E-state index in [4.69, 9.17) is 5.11 Å². The lowest BCUT2D eigenvalue weighted by Crippen LogP contribution is -2.16. The van der Waals surface area contributed by atoms with Gasteiger partial charge in [0, 0.05) is 6.42 Å². The number of benzene rings is 1. The van der Waals surface area contributed by atoms with Gasteiger partial charge in [-0.1, -0.05) is 30.3 Å². The van der Waals surface area contributed by atoms with E-state index in [2.05, 4.69) is 0 Å². The van der Waals surface area contributed by atoms with Crippen LogP contribution >= 0.6 is 0 Å². The molecular weight excluding hydrogens is 159 g/mol. The van der Waals surface area contributed by atoms with Crippen LogP contribution in [-0.2, 0) is 11.2 Å². The number of rotatable bonds is 3. The number of carboxylic acid groups (broad SMARTS) is 1. The molecule has 0 fully saturated rings. The maximum absolute atomic E-state index is 12.6. The molecule has 0 radical (unpaired) electrons. The van der Waals surface area contributed by atoms with Gasteiger partial charge in [0.15, 0.2) is 0 Å². The molecule has 0 aromatic heterocycles. The lowest BCUT2D eigenvalue weighted by atomic mass is 10.1. The van der Waals surface area contributed by atoms with Crippen molar-refractivity contribution in [2.45, 2.75) is 12.6 Å². The summed E-state index contributed by atoms with van der Waals surface area (Å²) in [6.07, 6.45) is -1.86. The fraction of sp³-hybridized carbons (Fsp3) is 0.222. The summed E-state index contributed by atoms with van der Waals surface area (Å²) in [7, 11) is 0. The van der Waals surface area contributed by atoms with Crippen LogP contribution < -0.4 is 0 Å². The molecule has 64 valence electrons. The molecule has 1 N–H and O–H groups in total. The molecule has 0 aliphatic carbocycles. The quantitative estimate of drug-likeness (QED) is 0.745. The second kappa shape index (κ2) is 3.85. The van der Waals surface area contributed by atoms with Crippen molar-refractivity contribution in [2.75, 3.05) is 0 Å². The number of aliphatic carboxylic acids is 1. The van der Waals surface area contributed by atoms with Crippen molar-refractivity contribution in [1.29, 1.82) is 0 Å². The number of hydrogen-bond donors (Lipinski definition) is 1. The molecular formula is C9H9FO2. The first kappa shape index (κ1) is 8.71. The number of carbonyl (C=O) groups is 1. The highest BCUT2D eigenvalue weighted by molar-refractivity contribution is 5.72. The molecule has 12 heavy (non-hydrogen) atoms. The first-order chi connectivity index (χ1) is 5.70. The molecule has 1 aromatic rings. The van der Waals surface area contributed by atoms with Crippen molar-refractivity contribution < 1.29 is 14.3 Å². The summed E-state index contributed by atoms with van der Waals surface area (Å²) >= 11 is 0. The fourth-order valence-electron chi connectivity index (χ4n) is 0.908. The highest BCUT2D eigenvalue weighted by Crippen LogP contribution is 2.05. The summed E-state index contributed by atoms with van der Waals surface area (Å²) < 4.78 is 12.6. The summed E-state index contributed by atoms with van der Waals surface area (Å²) in [6.45, 7) is 0. The van der Waals surface area contributed by atoms with E-state index in [0.29, 0.717) is 5.56 Å². The Labute approximate surface area is 69.6 Å². The van der Waals surface area contributed by atoms with Crippen LogP contribution in [0.3, 0.4) is 0 Å². The smallest absolute Gasteiger partial charge is 0.338 e. The minimum absolute atomic E-state index is 0.0594. The Kier molecular flexibility index (Phi) is 2.80. The number of hydrogen-bond acceptors (Lipinski definition) is 1. The third kappa shape index (κ3) is 2.34. The van der Waals surface area contributed by atoms with Gasteiger partial charge in [0.05, 0.1) is 0 Å². The normalized spacial score (nSPS) is 12.4. The SMILES string of the molecule is O=C(O)[C@@H](F)Cc1ccccc1. The molecule has 0 aliphatic rings. The summed E-state index contributed by atoms with van der Waals surface area (Å²) in [6, 6.07) is 8.72. The average molecular weight is 168 g/mol. The van der Waals surface area contributed by atoms with Crippen LogP contribution in [0.25, 0.3) is 0 Å². The Morgan fingerprint density at radius 1 is 1.42 bits per heavy atom. The average Bonchev–Trinajstić information content (AvgIpc) is 2.06. The van der Waals surface area contributed by atoms with E-state index in [0.717, 1.165) is 0 Å². The summed E-state index contributed by atoms with van der Waals surface area (Å²) in [5.74, 6) is -1.40. The maximum atomic E-state index is 12.6. The third-order valence-electron chi connectivity index (χ3n) is 1.53. The van der Waals surface area contributed by atoms with Crippen LogP contribution in [0.15, 0.2) is 30.3 Å². The second-order valence-corrected chi connectivity index (χ2v) is 2.50. The van der Waals surface area contributed by atoms with Gasteiger partial charge in [-0.05, 0) is 5.56 Å². The first-order valence-electron chi connectivity index (χ1n) is 3.61. The standard InChI is InChI=1S/C9H9FO2/c10-8(9(11)12)6-7-4-2-1-3-5-7/h1-5,8H,6H2,(H,11,12)/t8-/m0/s1. The summed E-state index contributed by atoms with van der Waals surface area (Å²) in [5, 5.41) is 8.27. The van der Waals surface area contributed by atoms with Gasteiger partial charge < -0.3 is 5.11 Å². The molecule has 3 heteroatoms. The highest BCUT2D eigenvalue weighted by atomic mass is 19.1. The van der Waals surface area contributed by atoms with Gasteiger partial charge in [-0.15, -0.1) is 0 Å². The first-order valence-corrected chi connectivity index (χ1v) is 3.61. The molecule has 2 nitrogen and oxygen atoms in total. The van der Waals surface area contributed by atoms with Crippen LogP contribution in [0.4, 0.5) is 4.39 Å². The van der Waals surface area contributed by atoms with Crippen molar-refractivity contribution in [2.24, 2.45) is 0 Å². The Morgan fingerprint density at radius 3 is 2.50 bits per heavy atom. The van der Waals surface area contributed by atoms with Gasteiger partial charge in [0.1, 0.15) is 0 Å². The maximum Gasteiger partial charge on any atom is 0.338 e. The van der Waals surface area contributed by atoms with Crippen molar-refractivity contribution >= 4 is 5.97 Å². The Balaban J connectivity index is 2.58. The lowest BCUT2D eigenvalue weighted by Gasteiger charge is -2.01. The predicted molar refractivity (Wildman–Crippen MR) is 42.7 cm³/mol. The van der Waals surface area contributed by atoms with E-state index < -0.39 is 12.1 Å². The van der Waals surface area contributed by atoms with Crippen LogP contribution in [-0.4, -0.2) is 17.2 Å². The van der Waals surface area contributed by atoms with Crippen LogP contribution in [0.2, 0.25) is 0 Å². The third-order valence-corrected chi connectivity index (χ3v) is 1.53. The molecule has 0 bridgehead atoms.